The Morgan fingerprint density at radius 2 is 1.81 bits per heavy atom. The molecule has 2 atom stereocenters. The van der Waals surface area contributed by atoms with Gasteiger partial charge in [-0.3, -0.25) is 4.79 Å². The largest absolute Gasteiger partial charge is 0.497 e. The first-order valence-electron chi connectivity index (χ1n) is 11.9. The molecule has 0 saturated heterocycles. The lowest BCUT2D eigenvalue weighted by Crippen LogP contribution is -2.52. The molecule has 37 heavy (non-hydrogen) atoms. The molecule has 4 aromatic rings. The maximum atomic E-state index is 14.0. The van der Waals surface area contributed by atoms with Crippen LogP contribution in [0.4, 0.5) is 5.69 Å². The van der Waals surface area contributed by atoms with Gasteiger partial charge >= 0.3 is 5.97 Å². The lowest BCUT2D eigenvalue weighted by Gasteiger charge is -2.41. The molecule has 3 aromatic carbocycles. The molecule has 0 saturated carbocycles. The first-order valence-corrected chi connectivity index (χ1v) is 12.4. The summed E-state index contributed by atoms with van der Waals surface area (Å²) in [6.07, 6.45) is 0.485. The number of anilines is 1. The predicted molar refractivity (Wildman–Crippen MR) is 147 cm³/mol. The second-order valence-corrected chi connectivity index (χ2v) is 9.16. The van der Waals surface area contributed by atoms with E-state index in [1.165, 1.54) is 7.11 Å². The van der Waals surface area contributed by atoms with Gasteiger partial charge in [0.2, 0.25) is 5.91 Å². The summed E-state index contributed by atoms with van der Waals surface area (Å²) >= 11 is 5.51. The van der Waals surface area contributed by atoms with E-state index in [0.29, 0.717) is 17.7 Å². The van der Waals surface area contributed by atoms with Gasteiger partial charge in [0.1, 0.15) is 11.8 Å². The number of hydrogen-bond acceptors (Lipinski definition) is 5. The van der Waals surface area contributed by atoms with E-state index in [4.69, 9.17) is 21.7 Å². The van der Waals surface area contributed by atoms with E-state index in [1.54, 1.807) is 48.8 Å². The van der Waals surface area contributed by atoms with Crippen molar-refractivity contribution < 1.29 is 19.1 Å². The number of likely N-dealkylation sites (N-methyl/N-ethyl adjacent to an activating group) is 1. The molecule has 8 heteroatoms. The minimum atomic E-state index is -0.553. The van der Waals surface area contributed by atoms with Gasteiger partial charge in [-0.05, 0) is 47.5 Å². The second kappa shape index (κ2) is 10.1. The number of benzene rings is 3. The normalized spacial score (nSPS) is 16.7. The summed E-state index contributed by atoms with van der Waals surface area (Å²) in [6.45, 7) is 0. The number of nitrogens with zero attached hydrogens (tertiary/aromatic N) is 2. The summed E-state index contributed by atoms with van der Waals surface area (Å²) in [5, 5.41) is 1.09. The smallest absolute Gasteiger partial charge is 0.337 e. The van der Waals surface area contributed by atoms with Gasteiger partial charge in [0.25, 0.3) is 0 Å². The third-order valence-corrected chi connectivity index (χ3v) is 7.24. The number of amides is 1. The fourth-order valence-corrected chi connectivity index (χ4v) is 5.35. The Morgan fingerprint density at radius 1 is 1.05 bits per heavy atom. The zero-order valence-electron chi connectivity index (χ0n) is 20.8. The number of aromatic nitrogens is 1. The fraction of sp³-hybridized carbons (Fsp3) is 0.207. The first kappa shape index (κ1) is 24.5. The highest BCUT2D eigenvalue weighted by atomic mass is 32.1. The van der Waals surface area contributed by atoms with Crippen molar-refractivity contribution >= 4 is 46.2 Å². The van der Waals surface area contributed by atoms with Crippen molar-refractivity contribution in [2.45, 2.75) is 18.5 Å². The van der Waals surface area contributed by atoms with Crippen LogP contribution in [-0.4, -0.2) is 54.6 Å². The van der Waals surface area contributed by atoms with Crippen LogP contribution < -0.4 is 9.64 Å². The number of aromatic amines is 1. The van der Waals surface area contributed by atoms with Gasteiger partial charge in [0, 0.05) is 35.8 Å². The molecular formula is C29H27N3O4S. The second-order valence-electron chi connectivity index (χ2n) is 8.95. The van der Waals surface area contributed by atoms with E-state index in [9.17, 15) is 9.59 Å². The van der Waals surface area contributed by atoms with Gasteiger partial charge in [-0.1, -0.05) is 48.6 Å². The van der Waals surface area contributed by atoms with Crippen LogP contribution in [0.1, 0.15) is 33.2 Å². The summed E-state index contributed by atoms with van der Waals surface area (Å²) in [6, 6.07) is 22.0. The molecule has 0 spiro atoms. The van der Waals surface area contributed by atoms with Crippen LogP contribution in [0.15, 0.2) is 72.8 Å². The molecule has 1 aliphatic heterocycles. The number of methoxy groups -OCH3 is 2. The molecule has 2 heterocycles. The molecule has 0 fully saturated rings. The highest BCUT2D eigenvalue weighted by molar-refractivity contribution is 7.78. The maximum absolute atomic E-state index is 14.0. The summed E-state index contributed by atoms with van der Waals surface area (Å²) in [5.74, 6) is 0.171. The Morgan fingerprint density at radius 3 is 2.51 bits per heavy atom. The van der Waals surface area contributed by atoms with Crippen LogP contribution in [0, 0.1) is 0 Å². The van der Waals surface area contributed by atoms with Gasteiger partial charge in [-0.15, -0.1) is 0 Å². The number of carbonyl (C=O) groups excluding carboxylic acids is 2. The molecule has 188 valence electrons. The van der Waals surface area contributed by atoms with Crippen LogP contribution in [0.3, 0.4) is 0 Å². The quantitative estimate of drug-likeness (QED) is 0.292. The maximum Gasteiger partial charge on any atom is 0.337 e. The van der Waals surface area contributed by atoms with Crippen LogP contribution >= 0.6 is 12.2 Å². The molecule has 1 aliphatic rings. The van der Waals surface area contributed by atoms with Crippen molar-refractivity contribution in [1.82, 2.24) is 9.88 Å². The number of thiocarbonyl (C=S) groups is 1. The van der Waals surface area contributed by atoms with Gasteiger partial charge in [-0.2, -0.15) is 0 Å². The van der Waals surface area contributed by atoms with E-state index < -0.39 is 12.0 Å². The first-order chi connectivity index (χ1) is 18.0. The monoisotopic (exact) mass is 513 g/mol. The number of ether oxygens (including phenoxy) is 2. The lowest BCUT2D eigenvalue weighted by molar-refractivity contribution is -0.122. The average Bonchev–Trinajstić information content (AvgIpc) is 3.33. The zero-order chi connectivity index (χ0) is 26.1. The number of nitrogens with one attached hydrogen (secondary N) is 1. The van der Waals surface area contributed by atoms with E-state index in [-0.39, 0.29) is 11.9 Å². The van der Waals surface area contributed by atoms with Crippen molar-refractivity contribution in [2.24, 2.45) is 0 Å². The number of H-pyrrole nitrogens is 1. The molecule has 2 unspecified atom stereocenters. The molecule has 0 bridgehead atoms. The number of para-hydroxylation sites is 1. The van der Waals surface area contributed by atoms with E-state index >= 15 is 0 Å². The number of carbonyl (C=O) groups is 2. The number of hydrogen-bond donors (Lipinski definition) is 1. The minimum Gasteiger partial charge on any atom is -0.497 e. The summed E-state index contributed by atoms with van der Waals surface area (Å²) in [7, 11) is 4.68. The molecule has 1 aromatic heterocycles. The van der Waals surface area contributed by atoms with Gasteiger partial charge in [-0.25, -0.2) is 4.79 Å². The Hall–Kier alpha value is -4.17. The SMILES string of the molecule is COC(=O)c1cccc(N(C)C(=O)C2Cc3c([nH]c4ccccc34)C(c3ccc(OC)cc3)N2C=S)c1. The van der Waals surface area contributed by atoms with Crippen molar-refractivity contribution in [3.8, 4) is 5.75 Å². The Balaban J connectivity index is 1.59. The highest BCUT2D eigenvalue weighted by Crippen LogP contribution is 2.41. The number of esters is 1. The topological polar surface area (TPSA) is 74.9 Å². The summed E-state index contributed by atoms with van der Waals surface area (Å²) in [4.78, 5) is 33.2. The van der Waals surface area contributed by atoms with Crippen molar-refractivity contribution in [3.63, 3.8) is 0 Å². The van der Waals surface area contributed by atoms with Gasteiger partial charge in [0.15, 0.2) is 0 Å². The molecule has 0 radical (unpaired) electrons. The predicted octanol–water partition coefficient (Wildman–Crippen LogP) is 4.90. The van der Waals surface area contributed by atoms with E-state index in [2.05, 4.69) is 11.1 Å². The van der Waals surface area contributed by atoms with Crippen LogP contribution in [0.25, 0.3) is 10.9 Å². The van der Waals surface area contributed by atoms with Crippen molar-refractivity contribution in [3.05, 3.63) is 95.2 Å². The number of rotatable bonds is 6. The summed E-state index contributed by atoms with van der Waals surface area (Å²) < 4.78 is 10.2. The van der Waals surface area contributed by atoms with Gasteiger partial charge in [0.05, 0.1) is 31.3 Å². The molecule has 5 rings (SSSR count). The van der Waals surface area contributed by atoms with Crippen LogP contribution in [0.5, 0.6) is 5.75 Å². The van der Waals surface area contributed by atoms with E-state index in [1.807, 2.05) is 47.4 Å². The van der Waals surface area contributed by atoms with Crippen LogP contribution in [0.2, 0.25) is 0 Å². The van der Waals surface area contributed by atoms with Crippen molar-refractivity contribution in [1.29, 1.82) is 0 Å². The fourth-order valence-electron chi connectivity index (χ4n) is 5.09. The number of fused-ring (bicyclic) bond motifs is 3. The average molecular weight is 514 g/mol. The highest BCUT2D eigenvalue weighted by Gasteiger charge is 2.40. The Kier molecular flexibility index (Phi) is 6.67. The third-order valence-electron chi connectivity index (χ3n) is 7.00. The van der Waals surface area contributed by atoms with Gasteiger partial charge < -0.3 is 24.3 Å². The van der Waals surface area contributed by atoms with Crippen molar-refractivity contribution in [2.75, 3.05) is 26.2 Å². The molecule has 0 aliphatic carbocycles. The molecule has 1 N–H and O–H groups in total. The lowest BCUT2D eigenvalue weighted by atomic mass is 9.88. The summed E-state index contributed by atoms with van der Waals surface area (Å²) in [5.41, 5.74) is 6.68. The van der Waals surface area contributed by atoms with E-state index in [0.717, 1.165) is 33.5 Å². The molecular weight excluding hydrogens is 486 g/mol. The molecule has 1 amide bonds. The Bertz CT molecular complexity index is 1480. The molecule has 7 nitrogen and oxygen atoms in total. The zero-order valence-corrected chi connectivity index (χ0v) is 21.6. The standard InChI is InChI=1S/C29H27N3O4S/c1-31(20-8-6-7-19(15-20)29(34)36-3)28(33)25-16-23-22-9-4-5-10-24(22)30-26(23)27(32(25)17-37)18-11-13-21(35-2)14-12-18/h4-15,17,25,27,30H,16H2,1-3H3. The third kappa shape index (κ3) is 4.34. The van der Waals surface area contributed by atoms with Crippen LogP contribution in [-0.2, 0) is 16.0 Å². The Labute approximate surface area is 220 Å². The minimum absolute atomic E-state index is 0.127.